The summed E-state index contributed by atoms with van der Waals surface area (Å²) in [5.41, 5.74) is 1.55. The number of aliphatic hydroxyl groups excluding tert-OH is 1. The summed E-state index contributed by atoms with van der Waals surface area (Å²) < 4.78 is 18.4. The zero-order chi connectivity index (χ0) is 10.6. The van der Waals surface area contributed by atoms with Crippen molar-refractivity contribution >= 4 is 0 Å². The van der Waals surface area contributed by atoms with Crippen LogP contribution in [0.3, 0.4) is 0 Å². The van der Waals surface area contributed by atoms with Crippen LogP contribution in [0.2, 0.25) is 0 Å². The third-order valence-corrected chi connectivity index (χ3v) is 2.17. The van der Waals surface area contributed by atoms with E-state index in [2.05, 4.69) is 0 Å². The van der Waals surface area contributed by atoms with E-state index >= 15 is 0 Å². The molecule has 0 aliphatic carbocycles. The monoisotopic (exact) mass is 198 g/mol. The lowest BCUT2D eigenvalue weighted by Crippen LogP contribution is -1.97. The van der Waals surface area contributed by atoms with Gasteiger partial charge in [-0.1, -0.05) is 0 Å². The fourth-order valence-corrected chi connectivity index (χ4v) is 1.40. The van der Waals surface area contributed by atoms with Gasteiger partial charge in [-0.3, -0.25) is 0 Å². The van der Waals surface area contributed by atoms with E-state index in [4.69, 9.17) is 9.84 Å². The van der Waals surface area contributed by atoms with E-state index in [1.807, 2.05) is 6.92 Å². The second kappa shape index (κ2) is 4.96. The molecule has 3 heteroatoms. The summed E-state index contributed by atoms with van der Waals surface area (Å²) in [4.78, 5) is 0. The SMILES string of the molecule is COc1cc(F)c(CCCO)cc1C. The number of ether oxygens (including phenoxy) is 1. The normalized spacial score (nSPS) is 10.3. The Balaban J connectivity index is 2.90. The van der Waals surface area contributed by atoms with Crippen molar-refractivity contribution < 1.29 is 14.2 Å². The average Bonchev–Trinajstić information content (AvgIpc) is 2.18. The molecule has 0 aromatic heterocycles. The van der Waals surface area contributed by atoms with Crippen LogP contribution in [0.5, 0.6) is 5.75 Å². The van der Waals surface area contributed by atoms with E-state index in [1.165, 1.54) is 13.2 Å². The molecule has 1 aromatic rings. The maximum Gasteiger partial charge on any atom is 0.130 e. The van der Waals surface area contributed by atoms with Crippen molar-refractivity contribution in [2.24, 2.45) is 0 Å². The van der Waals surface area contributed by atoms with E-state index in [0.29, 0.717) is 24.2 Å². The molecule has 1 aromatic carbocycles. The van der Waals surface area contributed by atoms with Gasteiger partial charge < -0.3 is 9.84 Å². The van der Waals surface area contributed by atoms with Crippen LogP contribution in [0.15, 0.2) is 12.1 Å². The fraction of sp³-hybridized carbons (Fsp3) is 0.455. The molecule has 14 heavy (non-hydrogen) atoms. The van der Waals surface area contributed by atoms with Gasteiger partial charge in [-0.05, 0) is 37.0 Å². The van der Waals surface area contributed by atoms with Crippen molar-refractivity contribution in [3.63, 3.8) is 0 Å². The van der Waals surface area contributed by atoms with Gasteiger partial charge in [0.15, 0.2) is 0 Å². The first-order chi connectivity index (χ1) is 6.69. The molecule has 0 fully saturated rings. The molecule has 0 spiro atoms. The van der Waals surface area contributed by atoms with Crippen molar-refractivity contribution in [1.82, 2.24) is 0 Å². The van der Waals surface area contributed by atoms with Crippen molar-refractivity contribution in [2.45, 2.75) is 19.8 Å². The number of aryl methyl sites for hydroxylation is 2. The van der Waals surface area contributed by atoms with Crippen LogP contribution in [-0.2, 0) is 6.42 Å². The average molecular weight is 198 g/mol. The minimum atomic E-state index is -0.263. The van der Waals surface area contributed by atoms with Crippen LogP contribution in [-0.4, -0.2) is 18.8 Å². The van der Waals surface area contributed by atoms with E-state index in [9.17, 15) is 4.39 Å². The largest absolute Gasteiger partial charge is 0.496 e. The highest BCUT2D eigenvalue weighted by atomic mass is 19.1. The lowest BCUT2D eigenvalue weighted by molar-refractivity contribution is 0.288. The van der Waals surface area contributed by atoms with E-state index in [0.717, 1.165) is 5.56 Å². The van der Waals surface area contributed by atoms with Crippen LogP contribution in [0.4, 0.5) is 4.39 Å². The Labute approximate surface area is 83.3 Å². The summed E-state index contributed by atoms with van der Waals surface area (Å²) in [6.07, 6.45) is 1.15. The molecule has 0 bridgehead atoms. The minimum absolute atomic E-state index is 0.0878. The second-order valence-electron chi connectivity index (χ2n) is 3.24. The highest BCUT2D eigenvalue weighted by Gasteiger charge is 2.06. The summed E-state index contributed by atoms with van der Waals surface area (Å²) in [6.45, 7) is 1.96. The Morgan fingerprint density at radius 1 is 1.43 bits per heavy atom. The number of benzene rings is 1. The topological polar surface area (TPSA) is 29.5 Å². The lowest BCUT2D eigenvalue weighted by Gasteiger charge is -2.08. The van der Waals surface area contributed by atoms with Gasteiger partial charge in [0, 0.05) is 12.7 Å². The van der Waals surface area contributed by atoms with Crippen molar-refractivity contribution in [3.05, 3.63) is 29.1 Å². The maximum absolute atomic E-state index is 13.4. The Morgan fingerprint density at radius 2 is 2.14 bits per heavy atom. The van der Waals surface area contributed by atoms with E-state index in [1.54, 1.807) is 6.07 Å². The lowest BCUT2D eigenvalue weighted by atomic mass is 10.1. The molecule has 0 amide bonds. The van der Waals surface area contributed by atoms with E-state index in [-0.39, 0.29) is 12.4 Å². The molecule has 0 unspecified atom stereocenters. The van der Waals surface area contributed by atoms with Gasteiger partial charge in [-0.2, -0.15) is 0 Å². The Morgan fingerprint density at radius 3 is 2.71 bits per heavy atom. The number of methoxy groups -OCH3 is 1. The molecule has 1 N–H and O–H groups in total. The quantitative estimate of drug-likeness (QED) is 0.802. The Hall–Kier alpha value is -1.09. The van der Waals surface area contributed by atoms with E-state index < -0.39 is 0 Å². The van der Waals surface area contributed by atoms with Crippen LogP contribution in [0, 0.1) is 12.7 Å². The molecule has 0 aliphatic rings. The molecule has 0 saturated heterocycles. The predicted octanol–water partition coefficient (Wildman–Crippen LogP) is 2.07. The van der Waals surface area contributed by atoms with Gasteiger partial charge >= 0.3 is 0 Å². The predicted molar refractivity (Wildman–Crippen MR) is 53.1 cm³/mol. The van der Waals surface area contributed by atoms with Crippen LogP contribution >= 0.6 is 0 Å². The molecular formula is C11H15FO2. The number of aliphatic hydroxyl groups is 1. The summed E-state index contributed by atoms with van der Waals surface area (Å²) in [6, 6.07) is 3.16. The second-order valence-corrected chi connectivity index (χ2v) is 3.24. The molecule has 0 saturated carbocycles. The third kappa shape index (κ3) is 2.45. The number of halogens is 1. The fourth-order valence-electron chi connectivity index (χ4n) is 1.40. The third-order valence-electron chi connectivity index (χ3n) is 2.17. The molecule has 78 valence electrons. The van der Waals surface area contributed by atoms with Crippen LogP contribution < -0.4 is 4.74 Å². The zero-order valence-corrected chi connectivity index (χ0v) is 8.51. The van der Waals surface area contributed by atoms with Gasteiger partial charge in [0.2, 0.25) is 0 Å². The molecule has 0 radical (unpaired) electrons. The Kier molecular flexibility index (Phi) is 3.89. The number of hydrogen-bond acceptors (Lipinski definition) is 2. The number of rotatable bonds is 4. The van der Waals surface area contributed by atoms with Gasteiger partial charge in [0.1, 0.15) is 11.6 Å². The molecule has 0 atom stereocenters. The zero-order valence-electron chi connectivity index (χ0n) is 8.51. The smallest absolute Gasteiger partial charge is 0.130 e. The molecule has 1 rings (SSSR count). The summed E-state index contributed by atoms with van der Waals surface area (Å²) in [5, 5.41) is 8.64. The van der Waals surface area contributed by atoms with Gasteiger partial charge in [0.25, 0.3) is 0 Å². The first kappa shape index (κ1) is 11.0. The maximum atomic E-state index is 13.4. The first-order valence-corrected chi connectivity index (χ1v) is 4.63. The van der Waals surface area contributed by atoms with Crippen molar-refractivity contribution in [3.8, 4) is 5.75 Å². The van der Waals surface area contributed by atoms with Gasteiger partial charge in [0.05, 0.1) is 7.11 Å². The highest BCUT2D eigenvalue weighted by Crippen LogP contribution is 2.22. The van der Waals surface area contributed by atoms with Gasteiger partial charge in [-0.25, -0.2) is 4.39 Å². The minimum Gasteiger partial charge on any atom is -0.496 e. The highest BCUT2D eigenvalue weighted by molar-refractivity contribution is 5.37. The summed E-state index contributed by atoms with van der Waals surface area (Å²) in [5.74, 6) is 0.302. The number of hydrogen-bond donors (Lipinski definition) is 1. The standard InChI is InChI=1S/C11H15FO2/c1-8-6-9(4-3-5-13)10(12)7-11(8)14-2/h6-7,13H,3-5H2,1-2H3. The molecular weight excluding hydrogens is 183 g/mol. The molecule has 0 aliphatic heterocycles. The van der Waals surface area contributed by atoms with Crippen molar-refractivity contribution in [2.75, 3.05) is 13.7 Å². The first-order valence-electron chi connectivity index (χ1n) is 4.63. The van der Waals surface area contributed by atoms with Crippen LogP contribution in [0.1, 0.15) is 17.5 Å². The van der Waals surface area contributed by atoms with Crippen LogP contribution in [0.25, 0.3) is 0 Å². The molecule has 2 nitrogen and oxygen atoms in total. The van der Waals surface area contributed by atoms with Crippen molar-refractivity contribution in [1.29, 1.82) is 0 Å². The Bertz CT molecular complexity index is 310. The molecule has 0 heterocycles. The van der Waals surface area contributed by atoms with Gasteiger partial charge in [-0.15, -0.1) is 0 Å². The summed E-state index contributed by atoms with van der Waals surface area (Å²) in [7, 11) is 1.52. The summed E-state index contributed by atoms with van der Waals surface area (Å²) >= 11 is 0.